The minimum Gasteiger partial charge on any atom is -0.0888 e. The van der Waals surface area contributed by atoms with E-state index in [2.05, 4.69) is 39.8 Å². The van der Waals surface area contributed by atoms with Crippen molar-refractivity contribution in [1.82, 2.24) is 0 Å². The average molecular weight is 126 g/mol. The molecule has 0 nitrogen and oxygen atoms in total. The zero-order valence-electron chi connectivity index (χ0n) is 7.07. The topological polar surface area (TPSA) is 0 Å². The standard InChI is InChI=1S/C9H18/c1-5-6-7-8-9(2,3)4/h6-7H,5,8H2,1-4H3/b7-6-. The predicted molar refractivity (Wildman–Crippen MR) is 43.5 cm³/mol. The van der Waals surface area contributed by atoms with Crippen LogP contribution in [0.4, 0.5) is 0 Å². The van der Waals surface area contributed by atoms with E-state index in [4.69, 9.17) is 0 Å². The molecule has 0 radical (unpaired) electrons. The van der Waals surface area contributed by atoms with Crippen molar-refractivity contribution in [3.63, 3.8) is 0 Å². The van der Waals surface area contributed by atoms with Gasteiger partial charge in [-0.2, -0.15) is 0 Å². The summed E-state index contributed by atoms with van der Waals surface area (Å²) in [6.45, 7) is 8.94. The fourth-order valence-electron chi connectivity index (χ4n) is 0.604. The molecule has 0 spiro atoms. The lowest BCUT2D eigenvalue weighted by Gasteiger charge is -2.14. The maximum absolute atomic E-state index is 2.26. The minimum atomic E-state index is 0.464. The summed E-state index contributed by atoms with van der Waals surface area (Å²) in [6, 6.07) is 0. The van der Waals surface area contributed by atoms with Crippen LogP contribution in [0, 0.1) is 5.41 Å². The number of rotatable bonds is 2. The zero-order valence-corrected chi connectivity index (χ0v) is 7.07. The normalized spacial score (nSPS) is 12.9. The van der Waals surface area contributed by atoms with Crippen LogP contribution in [0.3, 0.4) is 0 Å². The van der Waals surface area contributed by atoms with Crippen molar-refractivity contribution in [2.75, 3.05) is 0 Å². The van der Waals surface area contributed by atoms with Gasteiger partial charge in [-0.15, -0.1) is 0 Å². The molecule has 9 heavy (non-hydrogen) atoms. The summed E-state index contributed by atoms with van der Waals surface area (Å²) < 4.78 is 0. The van der Waals surface area contributed by atoms with Gasteiger partial charge in [-0.25, -0.2) is 0 Å². The van der Waals surface area contributed by atoms with Gasteiger partial charge in [-0.05, 0) is 18.3 Å². The maximum Gasteiger partial charge on any atom is -0.0302 e. The molecular weight excluding hydrogens is 108 g/mol. The van der Waals surface area contributed by atoms with Gasteiger partial charge in [0.2, 0.25) is 0 Å². The second-order valence-electron chi connectivity index (χ2n) is 3.64. The number of hydrogen-bond donors (Lipinski definition) is 0. The molecule has 0 heteroatoms. The molecule has 0 aromatic carbocycles. The highest BCUT2D eigenvalue weighted by molar-refractivity contribution is 4.84. The Hall–Kier alpha value is -0.260. The van der Waals surface area contributed by atoms with E-state index in [1.165, 1.54) is 6.42 Å². The third-order valence-electron chi connectivity index (χ3n) is 1.13. The third kappa shape index (κ3) is 7.74. The molecule has 0 aliphatic carbocycles. The lowest BCUT2D eigenvalue weighted by Crippen LogP contribution is -2.01. The monoisotopic (exact) mass is 126 g/mol. The number of allylic oxidation sites excluding steroid dienone is 2. The maximum atomic E-state index is 2.26. The average Bonchev–Trinajstić information content (AvgIpc) is 1.63. The van der Waals surface area contributed by atoms with Gasteiger partial charge in [0.05, 0.1) is 0 Å². The molecule has 0 bridgehead atoms. The SMILES string of the molecule is CC/C=C\CC(C)(C)C. The van der Waals surface area contributed by atoms with Gasteiger partial charge < -0.3 is 0 Å². The van der Waals surface area contributed by atoms with Crippen LogP contribution in [0.5, 0.6) is 0 Å². The summed E-state index contributed by atoms with van der Waals surface area (Å²) in [6.07, 6.45) is 6.85. The van der Waals surface area contributed by atoms with E-state index in [0.29, 0.717) is 5.41 Å². The van der Waals surface area contributed by atoms with Crippen molar-refractivity contribution < 1.29 is 0 Å². The van der Waals surface area contributed by atoms with E-state index in [1.54, 1.807) is 0 Å². The molecule has 0 unspecified atom stereocenters. The van der Waals surface area contributed by atoms with Crippen molar-refractivity contribution >= 4 is 0 Å². The fourth-order valence-corrected chi connectivity index (χ4v) is 0.604. The highest BCUT2D eigenvalue weighted by Crippen LogP contribution is 2.18. The molecule has 0 aromatic rings. The Morgan fingerprint density at radius 2 is 1.67 bits per heavy atom. The molecule has 0 rings (SSSR count). The predicted octanol–water partition coefficient (Wildman–Crippen LogP) is 3.39. The van der Waals surface area contributed by atoms with Crippen LogP contribution in [0.15, 0.2) is 12.2 Å². The summed E-state index contributed by atoms with van der Waals surface area (Å²) in [5.41, 5.74) is 0.464. The molecule has 54 valence electrons. The fraction of sp³-hybridized carbons (Fsp3) is 0.778. The highest BCUT2D eigenvalue weighted by atomic mass is 14.1. The summed E-state index contributed by atoms with van der Waals surface area (Å²) >= 11 is 0. The molecule has 0 fully saturated rings. The molecule has 0 aromatic heterocycles. The first-order valence-electron chi connectivity index (χ1n) is 3.71. The number of hydrogen-bond acceptors (Lipinski definition) is 0. The lowest BCUT2D eigenvalue weighted by molar-refractivity contribution is 0.420. The molecule has 0 saturated carbocycles. The molecule has 0 N–H and O–H groups in total. The van der Waals surface area contributed by atoms with Crippen molar-refractivity contribution in [2.45, 2.75) is 40.5 Å². The van der Waals surface area contributed by atoms with E-state index in [0.717, 1.165) is 6.42 Å². The van der Waals surface area contributed by atoms with Crippen LogP contribution in [0.25, 0.3) is 0 Å². The Morgan fingerprint density at radius 1 is 1.11 bits per heavy atom. The summed E-state index contributed by atoms with van der Waals surface area (Å²) in [7, 11) is 0. The molecule has 0 aliphatic rings. The van der Waals surface area contributed by atoms with Crippen LogP contribution in [0.1, 0.15) is 40.5 Å². The van der Waals surface area contributed by atoms with Gasteiger partial charge in [-0.3, -0.25) is 0 Å². The van der Waals surface area contributed by atoms with Crippen LogP contribution in [-0.4, -0.2) is 0 Å². The Morgan fingerprint density at radius 3 is 2.00 bits per heavy atom. The molecule has 0 atom stereocenters. The molecule has 0 aliphatic heterocycles. The van der Waals surface area contributed by atoms with Gasteiger partial charge in [0.1, 0.15) is 0 Å². The smallest absolute Gasteiger partial charge is 0.0302 e. The Bertz CT molecular complexity index is 82.7. The first-order valence-corrected chi connectivity index (χ1v) is 3.71. The van der Waals surface area contributed by atoms with Crippen LogP contribution in [0.2, 0.25) is 0 Å². The second-order valence-corrected chi connectivity index (χ2v) is 3.64. The molecular formula is C9H18. The van der Waals surface area contributed by atoms with E-state index >= 15 is 0 Å². The Balaban J connectivity index is 3.38. The van der Waals surface area contributed by atoms with Gasteiger partial charge in [0.15, 0.2) is 0 Å². The van der Waals surface area contributed by atoms with Crippen molar-refractivity contribution in [2.24, 2.45) is 5.41 Å². The molecule has 0 heterocycles. The van der Waals surface area contributed by atoms with E-state index < -0.39 is 0 Å². The van der Waals surface area contributed by atoms with Crippen molar-refractivity contribution in [1.29, 1.82) is 0 Å². The molecule has 0 saturated heterocycles. The van der Waals surface area contributed by atoms with Crippen LogP contribution < -0.4 is 0 Å². The van der Waals surface area contributed by atoms with Gasteiger partial charge in [-0.1, -0.05) is 39.8 Å². The van der Waals surface area contributed by atoms with Crippen LogP contribution in [-0.2, 0) is 0 Å². The van der Waals surface area contributed by atoms with Crippen molar-refractivity contribution in [3.05, 3.63) is 12.2 Å². The summed E-state index contributed by atoms with van der Waals surface area (Å²) in [5.74, 6) is 0. The largest absolute Gasteiger partial charge is 0.0888 e. The van der Waals surface area contributed by atoms with Gasteiger partial charge >= 0.3 is 0 Å². The van der Waals surface area contributed by atoms with E-state index in [9.17, 15) is 0 Å². The van der Waals surface area contributed by atoms with Gasteiger partial charge in [0.25, 0.3) is 0 Å². The third-order valence-corrected chi connectivity index (χ3v) is 1.13. The minimum absolute atomic E-state index is 0.464. The van der Waals surface area contributed by atoms with E-state index in [1.807, 2.05) is 0 Å². The van der Waals surface area contributed by atoms with Crippen molar-refractivity contribution in [3.8, 4) is 0 Å². The van der Waals surface area contributed by atoms with Gasteiger partial charge in [0, 0.05) is 0 Å². The first-order chi connectivity index (χ1) is 4.06. The Kier molecular flexibility index (Phi) is 3.60. The van der Waals surface area contributed by atoms with E-state index in [-0.39, 0.29) is 0 Å². The lowest BCUT2D eigenvalue weighted by atomic mass is 9.92. The zero-order chi connectivity index (χ0) is 7.33. The summed E-state index contributed by atoms with van der Waals surface area (Å²) in [5, 5.41) is 0. The second kappa shape index (κ2) is 3.71. The molecule has 0 amide bonds. The summed E-state index contributed by atoms with van der Waals surface area (Å²) in [4.78, 5) is 0. The first kappa shape index (κ1) is 8.74. The quantitative estimate of drug-likeness (QED) is 0.497. The highest BCUT2D eigenvalue weighted by Gasteiger charge is 2.05. The Labute approximate surface area is 59.0 Å². The van der Waals surface area contributed by atoms with Crippen LogP contribution >= 0.6 is 0 Å².